The summed E-state index contributed by atoms with van der Waals surface area (Å²) in [5.74, 6) is -1.23. The van der Waals surface area contributed by atoms with Crippen molar-refractivity contribution >= 4 is 23.5 Å². The highest BCUT2D eigenvalue weighted by Gasteiger charge is 2.20. The van der Waals surface area contributed by atoms with Gasteiger partial charge in [-0.1, -0.05) is 25.4 Å². The number of nitrogens with one attached hydrogen (secondary N) is 1. The van der Waals surface area contributed by atoms with Crippen molar-refractivity contribution in [2.75, 3.05) is 0 Å². The second kappa shape index (κ2) is 5.77. The molecule has 2 N–H and O–H groups in total. The van der Waals surface area contributed by atoms with Crippen LogP contribution in [0.15, 0.2) is 6.20 Å². The molecule has 0 bridgehead atoms. The van der Waals surface area contributed by atoms with Crippen molar-refractivity contribution in [3.05, 3.63) is 22.7 Å². The Kier molecular flexibility index (Phi) is 4.61. The third-order valence-corrected chi connectivity index (χ3v) is 2.49. The Hall–Kier alpha value is -1.69. The number of carbonyl (C=O) groups excluding carboxylic acids is 1. The van der Waals surface area contributed by atoms with Gasteiger partial charge in [-0.2, -0.15) is 0 Å². The first kappa shape index (κ1) is 14.4. The maximum absolute atomic E-state index is 11.8. The average Bonchev–Trinajstić information content (AvgIpc) is 2.28. The molecule has 6 nitrogen and oxygen atoms in total. The summed E-state index contributed by atoms with van der Waals surface area (Å²) in [6.07, 6.45) is 1.34. The van der Waals surface area contributed by atoms with E-state index in [4.69, 9.17) is 16.7 Å². The van der Waals surface area contributed by atoms with Crippen molar-refractivity contribution in [1.82, 2.24) is 15.3 Å². The van der Waals surface area contributed by atoms with E-state index in [0.717, 1.165) is 0 Å². The minimum absolute atomic E-state index is 0.0107. The molecule has 0 aliphatic carbocycles. The first-order valence-corrected chi connectivity index (χ1v) is 5.76. The molecule has 1 rings (SSSR count). The molecule has 1 amide bonds. The van der Waals surface area contributed by atoms with Gasteiger partial charge in [0.15, 0.2) is 0 Å². The van der Waals surface area contributed by atoms with Crippen molar-refractivity contribution in [3.63, 3.8) is 0 Å². The van der Waals surface area contributed by atoms with E-state index < -0.39 is 17.9 Å². The van der Waals surface area contributed by atoms with E-state index in [1.807, 2.05) is 13.8 Å². The van der Waals surface area contributed by atoms with Crippen LogP contribution in [0.5, 0.6) is 0 Å². The van der Waals surface area contributed by atoms with Crippen LogP contribution in [0.3, 0.4) is 0 Å². The molecule has 1 heterocycles. The van der Waals surface area contributed by atoms with Gasteiger partial charge in [-0.25, -0.2) is 9.97 Å². The quantitative estimate of drug-likeness (QED) is 0.865. The lowest BCUT2D eigenvalue weighted by atomic mass is 10.2. The van der Waals surface area contributed by atoms with E-state index in [9.17, 15) is 9.59 Å². The molecule has 0 saturated carbocycles. The number of aromatic nitrogens is 2. The van der Waals surface area contributed by atoms with Crippen LogP contribution in [0.2, 0.25) is 5.02 Å². The summed E-state index contributed by atoms with van der Waals surface area (Å²) in [7, 11) is 0. The molecule has 7 heteroatoms. The Morgan fingerprint density at radius 3 is 2.50 bits per heavy atom. The first-order chi connectivity index (χ1) is 8.32. The summed E-state index contributed by atoms with van der Waals surface area (Å²) in [4.78, 5) is 30.5. The fourth-order valence-corrected chi connectivity index (χ4v) is 1.32. The summed E-state index contributed by atoms with van der Waals surface area (Å²) < 4.78 is 0. The fraction of sp³-hybridized carbons (Fsp3) is 0.455. The standard InChI is InChI=1S/C11H14ClN3O3/c1-5(2)9-13-4-7(12)8(15-9)10(16)14-6(3)11(17)18/h4-6H,1-3H3,(H,14,16)(H,17,18)/t6-/m1/s1. The molecule has 98 valence electrons. The Balaban J connectivity index is 2.98. The molecule has 0 radical (unpaired) electrons. The highest BCUT2D eigenvalue weighted by Crippen LogP contribution is 2.16. The lowest BCUT2D eigenvalue weighted by Gasteiger charge is -2.11. The summed E-state index contributed by atoms with van der Waals surface area (Å²) in [6.45, 7) is 5.12. The molecule has 0 aliphatic heterocycles. The minimum atomic E-state index is -1.13. The molecule has 0 spiro atoms. The molecule has 1 aromatic rings. The third kappa shape index (κ3) is 3.40. The lowest BCUT2D eigenvalue weighted by Crippen LogP contribution is -2.39. The van der Waals surface area contributed by atoms with E-state index in [1.54, 1.807) is 0 Å². The zero-order chi connectivity index (χ0) is 13.9. The van der Waals surface area contributed by atoms with Crippen LogP contribution in [0.1, 0.15) is 43.0 Å². The number of hydrogen-bond donors (Lipinski definition) is 2. The molecule has 18 heavy (non-hydrogen) atoms. The van der Waals surface area contributed by atoms with Crippen LogP contribution in [-0.2, 0) is 4.79 Å². The van der Waals surface area contributed by atoms with E-state index >= 15 is 0 Å². The normalized spacial score (nSPS) is 12.3. The van der Waals surface area contributed by atoms with Gasteiger partial charge in [0.05, 0.1) is 11.2 Å². The zero-order valence-corrected chi connectivity index (χ0v) is 11.0. The van der Waals surface area contributed by atoms with E-state index in [0.29, 0.717) is 5.82 Å². The number of aliphatic carboxylic acids is 1. The fourth-order valence-electron chi connectivity index (χ4n) is 1.14. The van der Waals surface area contributed by atoms with Crippen molar-refractivity contribution in [1.29, 1.82) is 0 Å². The van der Waals surface area contributed by atoms with Crippen molar-refractivity contribution in [3.8, 4) is 0 Å². The maximum atomic E-state index is 11.8. The molecule has 1 atom stereocenters. The van der Waals surface area contributed by atoms with E-state index in [1.165, 1.54) is 13.1 Å². The van der Waals surface area contributed by atoms with Crippen LogP contribution in [0.4, 0.5) is 0 Å². The summed E-state index contributed by atoms with van der Waals surface area (Å²) in [5.41, 5.74) is -0.0107. The van der Waals surface area contributed by atoms with Gasteiger partial charge in [0, 0.05) is 5.92 Å². The molecular formula is C11H14ClN3O3. The van der Waals surface area contributed by atoms with Crippen LogP contribution in [0.25, 0.3) is 0 Å². The van der Waals surface area contributed by atoms with Crippen molar-refractivity contribution < 1.29 is 14.7 Å². The SMILES string of the molecule is CC(C)c1ncc(Cl)c(C(=O)N[C@H](C)C(=O)O)n1. The second-order valence-corrected chi connectivity index (χ2v) is 4.52. The highest BCUT2D eigenvalue weighted by molar-refractivity contribution is 6.33. The molecule has 0 unspecified atom stereocenters. The molecule has 0 saturated heterocycles. The lowest BCUT2D eigenvalue weighted by molar-refractivity contribution is -0.138. The second-order valence-electron chi connectivity index (χ2n) is 4.11. The molecule has 0 aromatic carbocycles. The van der Waals surface area contributed by atoms with Gasteiger partial charge in [0.1, 0.15) is 17.6 Å². The van der Waals surface area contributed by atoms with E-state index in [2.05, 4.69) is 15.3 Å². The van der Waals surface area contributed by atoms with Gasteiger partial charge in [-0.3, -0.25) is 9.59 Å². The summed E-state index contributed by atoms with van der Waals surface area (Å²) >= 11 is 5.83. The number of carboxylic acid groups (broad SMARTS) is 1. The van der Waals surface area contributed by atoms with Gasteiger partial charge in [0.2, 0.25) is 0 Å². The van der Waals surface area contributed by atoms with Gasteiger partial charge >= 0.3 is 5.97 Å². The third-order valence-electron chi connectivity index (χ3n) is 2.21. The van der Waals surface area contributed by atoms with Crippen LogP contribution in [-0.4, -0.2) is 33.0 Å². The van der Waals surface area contributed by atoms with Gasteiger partial charge < -0.3 is 10.4 Å². The van der Waals surface area contributed by atoms with Gasteiger partial charge in [-0.15, -0.1) is 0 Å². The van der Waals surface area contributed by atoms with Crippen molar-refractivity contribution in [2.45, 2.75) is 32.7 Å². The summed E-state index contributed by atoms with van der Waals surface area (Å²) in [5, 5.41) is 11.1. The topological polar surface area (TPSA) is 92.2 Å². The zero-order valence-electron chi connectivity index (χ0n) is 10.3. The van der Waals surface area contributed by atoms with Crippen molar-refractivity contribution in [2.24, 2.45) is 0 Å². The molecule has 0 fully saturated rings. The predicted octanol–water partition coefficient (Wildman–Crippen LogP) is 1.46. The average molecular weight is 272 g/mol. The van der Waals surface area contributed by atoms with E-state index in [-0.39, 0.29) is 16.6 Å². The number of hydrogen-bond acceptors (Lipinski definition) is 4. The number of halogens is 1. The maximum Gasteiger partial charge on any atom is 0.325 e. The largest absolute Gasteiger partial charge is 0.480 e. The van der Waals surface area contributed by atoms with Gasteiger partial charge in [-0.05, 0) is 6.92 Å². The summed E-state index contributed by atoms with van der Waals surface area (Å²) in [6, 6.07) is -1.01. The number of rotatable bonds is 4. The minimum Gasteiger partial charge on any atom is -0.480 e. The predicted molar refractivity (Wildman–Crippen MR) is 65.7 cm³/mol. The van der Waals surface area contributed by atoms with Crippen LogP contribution in [0, 0.1) is 0 Å². The first-order valence-electron chi connectivity index (χ1n) is 5.39. The highest BCUT2D eigenvalue weighted by atomic mass is 35.5. The monoisotopic (exact) mass is 271 g/mol. The molecule has 1 aromatic heterocycles. The molecule has 0 aliphatic rings. The Labute approximate surface area is 109 Å². The number of carboxylic acids is 1. The number of nitrogens with zero attached hydrogens (tertiary/aromatic N) is 2. The molecular weight excluding hydrogens is 258 g/mol. The van der Waals surface area contributed by atoms with Crippen LogP contribution >= 0.6 is 11.6 Å². The van der Waals surface area contributed by atoms with Gasteiger partial charge in [0.25, 0.3) is 5.91 Å². The number of carbonyl (C=O) groups is 2. The Bertz CT molecular complexity index is 477. The Morgan fingerprint density at radius 2 is 2.00 bits per heavy atom. The smallest absolute Gasteiger partial charge is 0.325 e. The Morgan fingerprint density at radius 1 is 1.39 bits per heavy atom. The van der Waals surface area contributed by atoms with Crippen LogP contribution < -0.4 is 5.32 Å². The number of amides is 1.